The third kappa shape index (κ3) is 3.18. The van der Waals surface area contributed by atoms with Gasteiger partial charge in [0.15, 0.2) is 5.78 Å². The predicted molar refractivity (Wildman–Crippen MR) is 80.5 cm³/mol. The molecule has 0 aromatic heterocycles. The molecule has 0 spiro atoms. The minimum Gasteiger partial charge on any atom is -0.457 e. The number of ketones is 1. The summed E-state index contributed by atoms with van der Waals surface area (Å²) in [6.45, 7) is 0. The van der Waals surface area contributed by atoms with Crippen LogP contribution in [0.5, 0.6) is 11.5 Å². The molecule has 0 saturated carbocycles. The fourth-order valence-corrected chi connectivity index (χ4v) is 1.93. The molecule has 0 atom stereocenters. The molecule has 3 aromatic carbocycles. The van der Waals surface area contributed by atoms with Crippen LogP contribution in [0.1, 0.15) is 15.9 Å². The van der Waals surface area contributed by atoms with Gasteiger partial charge in [-0.25, -0.2) is 0 Å². The lowest BCUT2D eigenvalue weighted by Gasteiger charge is -2.06. The Morgan fingerprint density at radius 2 is 1.38 bits per heavy atom. The molecule has 3 aromatic rings. The maximum Gasteiger partial charge on any atom is 0.194 e. The second-order valence-corrected chi connectivity index (χ2v) is 4.46. The van der Waals surface area contributed by atoms with Gasteiger partial charge in [0.2, 0.25) is 0 Å². The van der Waals surface area contributed by atoms with Gasteiger partial charge in [0.1, 0.15) is 11.5 Å². The predicted octanol–water partition coefficient (Wildman–Crippen LogP) is 4.31. The summed E-state index contributed by atoms with van der Waals surface area (Å²) < 4.78 is 5.69. The molecular formula is C19H12O2. The van der Waals surface area contributed by atoms with Crippen molar-refractivity contribution in [1.82, 2.24) is 0 Å². The van der Waals surface area contributed by atoms with E-state index in [0.29, 0.717) is 16.9 Å². The Labute approximate surface area is 123 Å². The van der Waals surface area contributed by atoms with Crippen molar-refractivity contribution in [3.8, 4) is 11.5 Å². The Bertz CT molecular complexity index is 717. The van der Waals surface area contributed by atoms with Crippen LogP contribution in [-0.2, 0) is 0 Å². The number of hydrogen-bond acceptors (Lipinski definition) is 2. The zero-order valence-corrected chi connectivity index (χ0v) is 11.2. The SMILES string of the molecule is O=C(c1[c]ccc[c]1)c1ccc(Oc2ccccc2)cc1. The molecule has 0 aliphatic rings. The van der Waals surface area contributed by atoms with E-state index >= 15 is 0 Å². The largest absolute Gasteiger partial charge is 0.457 e. The first-order chi connectivity index (χ1) is 10.3. The Balaban J connectivity index is 1.77. The van der Waals surface area contributed by atoms with Crippen molar-refractivity contribution in [2.24, 2.45) is 0 Å². The molecule has 0 aliphatic carbocycles. The van der Waals surface area contributed by atoms with Crippen LogP contribution in [0.2, 0.25) is 0 Å². The number of rotatable bonds is 4. The normalized spacial score (nSPS) is 10.1. The molecule has 3 rings (SSSR count). The van der Waals surface area contributed by atoms with Crippen molar-refractivity contribution in [3.63, 3.8) is 0 Å². The van der Waals surface area contributed by atoms with Crippen LogP contribution in [0.4, 0.5) is 0 Å². The molecule has 0 heterocycles. The van der Waals surface area contributed by atoms with E-state index in [4.69, 9.17) is 4.74 Å². The summed E-state index contributed by atoms with van der Waals surface area (Å²) in [5.41, 5.74) is 1.03. The average Bonchev–Trinajstić information content (AvgIpc) is 2.57. The van der Waals surface area contributed by atoms with Gasteiger partial charge in [-0.15, -0.1) is 0 Å². The lowest BCUT2D eigenvalue weighted by atomic mass is 10.0. The zero-order chi connectivity index (χ0) is 14.5. The minimum absolute atomic E-state index is 0.0955. The summed E-state index contributed by atoms with van der Waals surface area (Å²) in [7, 11) is 0. The first-order valence-electron chi connectivity index (χ1n) is 6.59. The highest BCUT2D eigenvalue weighted by atomic mass is 16.5. The highest BCUT2D eigenvalue weighted by molar-refractivity contribution is 6.08. The van der Waals surface area contributed by atoms with Gasteiger partial charge in [0.25, 0.3) is 0 Å². The van der Waals surface area contributed by atoms with Crippen LogP contribution >= 0.6 is 0 Å². The first kappa shape index (κ1) is 13.1. The Hall–Kier alpha value is -2.87. The molecule has 100 valence electrons. The van der Waals surface area contributed by atoms with Crippen LogP contribution in [-0.4, -0.2) is 5.78 Å². The molecule has 21 heavy (non-hydrogen) atoms. The van der Waals surface area contributed by atoms with Crippen molar-refractivity contribution in [3.05, 3.63) is 96.1 Å². The smallest absolute Gasteiger partial charge is 0.194 e. The molecule has 2 radical (unpaired) electrons. The summed E-state index contributed by atoms with van der Waals surface area (Å²) in [4.78, 5) is 12.2. The molecule has 2 heteroatoms. The molecule has 0 N–H and O–H groups in total. The zero-order valence-electron chi connectivity index (χ0n) is 11.2. The molecular weight excluding hydrogens is 260 g/mol. The van der Waals surface area contributed by atoms with Gasteiger partial charge in [0, 0.05) is 11.1 Å². The molecule has 0 amide bonds. The number of benzene rings is 3. The third-order valence-electron chi connectivity index (χ3n) is 2.97. The number of carbonyl (C=O) groups is 1. The van der Waals surface area contributed by atoms with E-state index in [-0.39, 0.29) is 5.78 Å². The Morgan fingerprint density at radius 3 is 2.05 bits per heavy atom. The van der Waals surface area contributed by atoms with Gasteiger partial charge in [0.05, 0.1) is 0 Å². The summed E-state index contributed by atoms with van der Waals surface area (Å²) in [5.74, 6) is 1.36. The van der Waals surface area contributed by atoms with E-state index in [1.807, 2.05) is 30.3 Å². The van der Waals surface area contributed by atoms with Crippen molar-refractivity contribution in [2.75, 3.05) is 0 Å². The summed E-state index contributed by atoms with van der Waals surface area (Å²) in [6.07, 6.45) is 0. The Kier molecular flexibility index (Phi) is 3.79. The first-order valence-corrected chi connectivity index (χ1v) is 6.59. The van der Waals surface area contributed by atoms with Gasteiger partial charge in [-0.3, -0.25) is 4.79 Å². The summed E-state index contributed by atoms with van der Waals surface area (Å²) in [5, 5.41) is 0. The fourth-order valence-electron chi connectivity index (χ4n) is 1.93. The lowest BCUT2D eigenvalue weighted by molar-refractivity contribution is 0.103. The van der Waals surface area contributed by atoms with E-state index in [1.54, 1.807) is 42.5 Å². The quantitative estimate of drug-likeness (QED) is 0.661. The molecule has 0 fully saturated rings. The standard InChI is InChI=1S/C19H12O2/c20-19(15-7-3-1-4-8-15)16-11-13-18(14-12-16)21-17-9-5-2-6-10-17/h1-6,9-14H. The van der Waals surface area contributed by atoms with E-state index < -0.39 is 0 Å². The van der Waals surface area contributed by atoms with Crippen molar-refractivity contribution in [1.29, 1.82) is 0 Å². The molecule has 2 nitrogen and oxygen atoms in total. The highest BCUT2D eigenvalue weighted by Gasteiger charge is 2.09. The van der Waals surface area contributed by atoms with Crippen LogP contribution in [0, 0.1) is 12.1 Å². The van der Waals surface area contributed by atoms with Crippen LogP contribution in [0.3, 0.4) is 0 Å². The fraction of sp³-hybridized carbons (Fsp3) is 0. The second-order valence-electron chi connectivity index (χ2n) is 4.46. The molecule has 0 bridgehead atoms. The molecule has 0 saturated heterocycles. The number of ether oxygens (including phenoxy) is 1. The maximum absolute atomic E-state index is 12.2. The minimum atomic E-state index is -0.0955. The monoisotopic (exact) mass is 272 g/mol. The van der Waals surface area contributed by atoms with Crippen molar-refractivity contribution in [2.45, 2.75) is 0 Å². The van der Waals surface area contributed by atoms with Crippen molar-refractivity contribution < 1.29 is 9.53 Å². The van der Waals surface area contributed by atoms with E-state index in [1.165, 1.54) is 0 Å². The summed E-state index contributed by atoms with van der Waals surface area (Å²) in [6, 6.07) is 27.5. The van der Waals surface area contributed by atoms with Crippen LogP contribution in [0.25, 0.3) is 0 Å². The van der Waals surface area contributed by atoms with E-state index in [0.717, 1.165) is 5.75 Å². The lowest BCUT2D eigenvalue weighted by Crippen LogP contribution is -2.01. The molecule has 0 aliphatic heterocycles. The number of carbonyl (C=O) groups excluding carboxylic acids is 1. The van der Waals surface area contributed by atoms with Gasteiger partial charge in [-0.05, 0) is 48.5 Å². The molecule has 0 unspecified atom stereocenters. The summed E-state index contributed by atoms with van der Waals surface area (Å²) >= 11 is 0. The van der Waals surface area contributed by atoms with Gasteiger partial charge < -0.3 is 4.74 Å². The number of para-hydroxylation sites is 1. The van der Waals surface area contributed by atoms with Gasteiger partial charge in [-0.2, -0.15) is 0 Å². The van der Waals surface area contributed by atoms with Crippen LogP contribution in [0.15, 0.2) is 72.8 Å². The number of hydrogen-bond donors (Lipinski definition) is 0. The third-order valence-corrected chi connectivity index (χ3v) is 2.97. The van der Waals surface area contributed by atoms with Crippen LogP contribution < -0.4 is 4.74 Å². The van der Waals surface area contributed by atoms with E-state index in [2.05, 4.69) is 12.1 Å². The van der Waals surface area contributed by atoms with Gasteiger partial charge >= 0.3 is 0 Å². The van der Waals surface area contributed by atoms with E-state index in [9.17, 15) is 4.79 Å². The second kappa shape index (κ2) is 6.06. The van der Waals surface area contributed by atoms with Gasteiger partial charge in [-0.1, -0.05) is 36.4 Å². The van der Waals surface area contributed by atoms with Crippen molar-refractivity contribution >= 4 is 5.78 Å². The Morgan fingerprint density at radius 1 is 0.762 bits per heavy atom. The average molecular weight is 272 g/mol. The topological polar surface area (TPSA) is 26.3 Å². The highest BCUT2D eigenvalue weighted by Crippen LogP contribution is 2.21. The maximum atomic E-state index is 12.2.